The van der Waals surface area contributed by atoms with Gasteiger partial charge in [-0.2, -0.15) is 0 Å². The summed E-state index contributed by atoms with van der Waals surface area (Å²) in [7, 11) is 3.44. The number of nitrogens with zero attached hydrogens (tertiary/aromatic N) is 3. The van der Waals surface area contributed by atoms with Crippen LogP contribution in [0.4, 0.5) is 0 Å². The van der Waals surface area contributed by atoms with Crippen molar-refractivity contribution in [2.24, 2.45) is 0 Å². The van der Waals surface area contributed by atoms with Crippen LogP contribution in [0.3, 0.4) is 0 Å². The van der Waals surface area contributed by atoms with Gasteiger partial charge in [-0.1, -0.05) is 42.5 Å². The Morgan fingerprint density at radius 3 is 2.46 bits per heavy atom. The number of likely N-dealkylation sites (N-methyl/N-ethyl adjacent to an activating group) is 1. The van der Waals surface area contributed by atoms with Crippen molar-refractivity contribution in [2.75, 3.05) is 40.3 Å². The number of benzene rings is 3. The molecule has 0 spiro atoms. The molecular weight excluding hydrogens is 494 g/mol. The molecule has 1 aliphatic heterocycles. The van der Waals surface area contributed by atoms with Crippen LogP contribution in [-0.4, -0.2) is 66.2 Å². The van der Waals surface area contributed by atoms with E-state index >= 15 is 0 Å². The summed E-state index contributed by atoms with van der Waals surface area (Å²) in [5, 5.41) is 13.8. The molecule has 0 aliphatic carbocycles. The number of pyridine rings is 1. The van der Waals surface area contributed by atoms with E-state index < -0.39 is 12.0 Å². The number of methoxy groups -OCH3 is 1. The second kappa shape index (κ2) is 10.4. The number of hydrogen-bond donors (Lipinski definition) is 1. The zero-order valence-electron chi connectivity index (χ0n) is 21.8. The van der Waals surface area contributed by atoms with Crippen LogP contribution in [0.5, 0.6) is 17.4 Å². The van der Waals surface area contributed by atoms with Crippen LogP contribution < -0.4 is 4.74 Å². The lowest BCUT2D eigenvalue weighted by atomic mass is 9.89. The fraction of sp³-hybridized carbons (Fsp3) is 0.226. The quantitative estimate of drug-likeness (QED) is 0.288. The number of phenols is 1. The number of piperazine rings is 1. The van der Waals surface area contributed by atoms with Gasteiger partial charge in [0, 0.05) is 60.2 Å². The number of furan rings is 1. The minimum Gasteiger partial charge on any atom is -0.507 e. The van der Waals surface area contributed by atoms with Crippen molar-refractivity contribution in [3.05, 3.63) is 95.9 Å². The van der Waals surface area contributed by atoms with E-state index in [1.54, 1.807) is 6.20 Å². The van der Waals surface area contributed by atoms with E-state index in [1.807, 2.05) is 66.7 Å². The normalized spacial score (nSPS) is 15.4. The molecule has 8 nitrogen and oxygen atoms in total. The van der Waals surface area contributed by atoms with Crippen molar-refractivity contribution < 1.29 is 23.8 Å². The highest BCUT2D eigenvalue weighted by molar-refractivity contribution is 6.16. The van der Waals surface area contributed by atoms with Crippen molar-refractivity contribution in [2.45, 2.75) is 6.04 Å². The molecule has 5 aromatic rings. The summed E-state index contributed by atoms with van der Waals surface area (Å²) in [4.78, 5) is 22.0. The van der Waals surface area contributed by atoms with E-state index in [0.717, 1.165) is 37.1 Å². The maximum Gasteiger partial charge on any atom is 0.341 e. The number of carbonyl (C=O) groups is 1. The second-order valence-corrected chi connectivity index (χ2v) is 9.74. The highest BCUT2D eigenvalue weighted by Gasteiger charge is 2.34. The fourth-order valence-electron chi connectivity index (χ4n) is 5.40. The Bertz CT molecular complexity index is 1640. The molecule has 198 valence electrons. The monoisotopic (exact) mass is 523 g/mol. The van der Waals surface area contributed by atoms with Crippen molar-refractivity contribution >= 4 is 27.7 Å². The fourth-order valence-corrected chi connectivity index (χ4v) is 5.40. The van der Waals surface area contributed by atoms with Crippen molar-refractivity contribution in [3.63, 3.8) is 0 Å². The molecule has 1 saturated heterocycles. The number of aromatic hydroxyl groups is 1. The molecule has 1 unspecified atom stereocenters. The third kappa shape index (κ3) is 4.58. The van der Waals surface area contributed by atoms with Gasteiger partial charge in [0.15, 0.2) is 0 Å². The maximum absolute atomic E-state index is 12.9. The summed E-state index contributed by atoms with van der Waals surface area (Å²) in [6.07, 6.45) is 3.13. The van der Waals surface area contributed by atoms with Crippen LogP contribution >= 0.6 is 0 Å². The number of esters is 1. The van der Waals surface area contributed by atoms with Gasteiger partial charge in [0.2, 0.25) is 5.88 Å². The van der Waals surface area contributed by atoms with Crippen LogP contribution in [0.1, 0.15) is 27.5 Å². The van der Waals surface area contributed by atoms with Gasteiger partial charge < -0.3 is 23.9 Å². The summed E-state index contributed by atoms with van der Waals surface area (Å²) in [5.41, 5.74) is 2.29. The van der Waals surface area contributed by atoms with E-state index in [2.05, 4.69) is 21.8 Å². The largest absolute Gasteiger partial charge is 0.507 e. The van der Waals surface area contributed by atoms with E-state index in [4.69, 9.17) is 13.9 Å². The molecule has 6 rings (SSSR count). The predicted molar refractivity (Wildman–Crippen MR) is 148 cm³/mol. The van der Waals surface area contributed by atoms with Crippen LogP contribution in [0.15, 0.2) is 83.6 Å². The molecule has 8 heteroatoms. The lowest BCUT2D eigenvalue weighted by molar-refractivity contribution is 0.0601. The van der Waals surface area contributed by atoms with Crippen LogP contribution in [0.25, 0.3) is 21.7 Å². The Labute approximate surface area is 226 Å². The van der Waals surface area contributed by atoms with Crippen molar-refractivity contribution in [1.82, 2.24) is 14.8 Å². The number of carbonyl (C=O) groups excluding carboxylic acids is 1. The van der Waals surface area contributed by atoms with Gasteiger partial charge in [0.25, 0.3) is 0 Å². The molecule has 0 bridgehead atoms. The molecule has 0 saturated carbocycles. The van der Waals surface area contributed by atoms with Gasteiger partial charge in [-0.15, -0.1) is 0 Å². The number of aromatic nitrogens is 1. The summed E-state index contributed by atoms with van der Waals surface area (Å²) < 4.78 is 17.2. The van der Waals surface area contributed by atoms with Gasteiger partial charge in [0.05, 0.1) is 13.2 Å². The molecule has 1 aliphatic rings. The highest BCUT2D eigenvalue weighted by atomic mass is 16.5. The third-order valence-electron chi connectivity index (χ3n) is 7.36. The predicted octanol–water partition coefficient (Wildman–Crippen LogP) is 5.60. The van der Waals surface area contributed by atoms with E-state index in [9.17, 15) is 9.90 Å². The molecular formula is C31H29N3O5. The summed E-state index contributed by atoms with van der Waals surface area (Å²) >= 11 is 0. The van der Waals surface area contributed by atoms with Crippen molar-refractivity contribution in [3.8, 4) is 17.4 Å². The van der Waals surface area contributed by atoms with E-state index in [-0.39, 0.29) is 11.3 Å². The van der Waals surface area contributed by atoms with Gasteiger partial charge in [0.1, 0.15) is 28.9 Å². The van der Waals surface area contributed by atoms with Gasteiger partial charge in [-0.3, -0.25) is 4.90 Å². The molecule has 0 amide bonds. The van der Waals surface area contributed by atoms with Crippen LogP contribution in [0.2, 0.25) is 0 Å². The molecule has 1 fully saturated rings. The first-order valence-corrected chi connectivity index (χ1v) is 12.9. The van der Waals surface area contributed by atoms with Gasteiger partial charge in [-0.25, -0.2) is 9.78 Å². The number of hydrogen-bond acceptors (Lipinski definition) is 8. The number of rotatable bonds is 6. The third-order valence-corrected chi connectivity index (χ3v) is 7.36. The van der Waals surface area contributed by atoms with Crippen molar-refractivity contribution in [1.29, 1.82) is 0 Å². The van der Waals surface area contributed by atoms with Gasteiger partial charge >= 0.3 is 5.97 Å². The Balaban J connectivity index is 1.59. The summed E-state index contributed by atoms with van der Waals surface area (Å²) in [5.74, 6) is 0.701. The molecule has 3 aromatic carbocycles. The second-order valence-electron chi connectivity index (χ2n) is 9.74. The minimum absolute atomic E-state index is 0.107. The van der Waals surface area contributed by atoms with Gasteiger partial charge in [-0.05, 0) is 30.8 Å². The summed E-state index contributed by atoms with van der Waals surface area (Å²) in [6, 6.07) is 20.4. The van der Waals surface area contributed by atoms with E-state index in [0.29, 0.717) is 33.5 Å². The number of phenolic OH excluding ortho intramolecular Hbond substituents is 1. The lowest BCUT2D eigenvalue weighted by Gasteiger charge is -2.39. The first kappa shape index (κ1) is 24.9. The maximum atomic E-state index is 12.9. The zero-order chi connectivity index (χ0) is 26.9. The molecule has 39 heavy (non-hydrogen) atoms. The Morgan fingerprint density at radius 1 is 1.00 bits per heavy atom. The topological polar surface area (TPSA) is 88.3 Å². The Morgan fingerprint density at radius 2 is 1.72 bits per heavy atom. The first-order valence-electron chi connectivity index (χ1n) is 12.9. The minimum atomic E-state index is -0.523. The molecule has 1 N–H and O–H groups in total. The Hall–Kier alpha value is -4.40. The highest BCUT2D eigenvalue weighted by Crippen LogP contribution is 2.47. The molecule has 2 aromatic heterocycles. The number of ether oxygens (including phenoxy) is 2. The average Bonchev–Trinajstić information content (AvgIpc) is 3.41. The van der Waals surface area contributed by atoms with E-state index in [1.165, 1.54) is 13.4 Å². The SMILES string of the molecule is COC(=O)c1coc2c1c(C(c1ccnc(Oc3ccccc3)c1)N1CCN(C)CC1)c(O)c1ccccc12. The summed E-state index contributed by atoms with van der Waals surface area (Å²) in [6.45, 7) is 3.25. The smallest absolute Gasteiger partial charge is 0.341 e. The molecule has 1 atom stereocenters. The Kier molecular flexibility index (Phi) is 6.64. The first-order chi connectivity index (χ1) is 19.0. The van der Waals surface area contributed by atoms with Crippen LogP contribution in [0, 0.1) is 0 Å². The number of fused-ring (bicyclic) bond motifs is 3. The standard InChI is InChI=1S/C31H29N3O5/c1-33-14-16-34(17-15-33)28(20-12-13-32-25(18-20)39-21-8-4-3-5-9-21)27-26-24(31(36)37-2)19-38-30(26)23-11-7-6-10-22(23)29(27)35/h3-13,18-19,28,35H,14-17H2,1-2H3. The molecule has 3 heterocycles. The number of para-hydroxylation sites is 1. The lowest BCUT2D eigenvalue weighted by Crippen LogP contribution is -2.46. The van der Waals surface area contributed by atoms with Crippen LogP contribution in [-0.2, 0) is 4.74 Å². The zero-order valence-corrected chi connectivity index (χ0v) is 21.8. The average molecular weight is 524 g/mol. The molecule has 0 radical (unpaired) electrons.